The van der Waals surface area contributed by atoms with Gasteiger partial charge in [-0.25, -0.2) is 9.78 Å². The maximum Gasteiger partial charge on any atom is 0.314 e. The molecule has 1 saturated heterocycles. The Bertz CT molecular complexity index is 521. The lowest BCUT2D eigenvalue weighted by Crippen LogP contribution is -2.47. The first kappa shape index (κ1) is 15.1. The van der Waals surface area contributed by atoms with Gasteiger partial charge in [-0.15, -0.1) is 0 Å². The van der Waals surface area contributed by atoms with Crippen LogP contribution in [-0.2, 0) is 11.3 Å². The number of urea groups is 1. The molecule has 7 nitrogen and oxygen atoms in total. The summed E-state index contributed by atoms with van der Waals surface area (Å²) in [5.74, 6) is 0.209. The van der Waals surface area contributed by atoms with Crippen molar-refractivity contribution in [2.75, 3.05) is 20.2 Å². The first-order valence-electron chi connectivity index (χ1n) is 6.91. The summed E-state index contributed by atoms with van der Waals surface area (Å²) in [7, 11) is 1.54. The summed E-state index contributed by atoms with van der Waals surface area (Å²) >= 11 is 0. The lowest BCUT2D eigenvalue weighted by atomic mass is 9.97. The zero-order chi connectivity index (χ0) is 15.2. The van der Waals surface area contributed by atoms with Gasteiger partial charge in [0, 0.05) is 31.4 Å². The van der Waals surface area contributed by atoms with Gasteiger partial charge in [-0.2, -0.15) is 0 Å². The number of hydrogen-bond acceptors (Lipinski definition) is 4. The largest absolute Gasteiger partial charge is 0.481 e. The topological polar surface area (TPSA) is 97.6 Å². The van der Waals surface area contributed by atoms with Crippen molar-refractivity contribution < 1.29 is 14.3 Å². The number of primary amides is 1. The van der Waals surface area contributed by atoms with Gasteiger partial charge in [-0.1, -0.05) is 6.07 Å². The predicted molar refractivity (Wildman–Crippen MR) is 76.5 cm³/mol. The Balaban J connectivity index is 1.91. The number of aromatic nitrogens is 1. The minimum atomic E-state index is -0.471. The zero-order valence-electron chi connectivity index (χ0n) is 12.0. The molecule has 2 rings (SSSR count). The summed E-state index contributed by atoms with van der Waals surface area (Å²) in [6.07, 6.45) is 3.19. The van der Waals surface area contributed by atoms with Crippen LogP contribution >= 0.6 is 0 Å². The second kappa shape index (κ2) is 6.92. The molecule has 0 spiro atoms. The van der Waals surface area contributed by atoms with Crippen LogP contribution in [-0.4, -0.2) is 42.0 Å². The summed E-state index contributed by atoms with van der Waals surface area (Å²) in [4.78, 5) is 29.0. The molecule has 0 bridgehead atoms. The first-order valence-corrected chi connectivity index (χ1v) is 6.91. The Morgan fingerprint density at radius 2 is 2.38 bits per heavy atom. The van der Waals surface area contributed by atoms with Crippen LogP contribution in [0.1, 0.15) is 18.4 Å². The highest BCUT2D eigenvalue weighted by Gasteiger charge is 2.27. The zero-order valence-corrected chi connectivity index (χ0v) is 12.0. The number of amides is 3. The molecule has 0 aliphatic carbocycles. The summed E-state index contributed by atoms with van der Waals surface area (Å²) in [6, 6.07) is 3.17. The number of nitrogens with zero attached hydrogens (tertiary/aromatic N) is 2. The van der Waals surface area contributed by atoms with Crippen molar-refractivity contribution in [1.29, 1.82) is 0 Å². The average Bonchev–Trinajstić information content (AvgIpc) is 2.52. The number of likely N-dealkylation sites (tertiary alicyclic amines) is 1. The minimum Gasteiger partial charge on any atom is -0.481 e. The lowest BCUT2D eigenvalue weighted by molar-refractivity contribution is -0.126. The van der Waals surface area contributed by atoms with Crippen molar-refractivity contribution in [2.45, 2.75) is 19.4 Å². The van der Waals surface area contributed by atoms with Gasteiger partial charge >= 0.3 is 6.03 Å². The van der Waals surface area contributed by atoms with Crippen molar-refractivity contribution in [1.82, 2.24) is 15.2 Å². The predicted octanol–water partition coefficient (Wildman–Crippen LogP) is 0.497. The molecule has 0 radical (unpaired) electrons. The standard InChI is InChI=1S/C14H20N4O3/c1-21-13-10(4-2-6-16-13)8-17-12(19)11-5-3-7-18(9-11)14(15)20/h2,4,6,11H,3,5,7-9H2,1H3,(H2,15,20)(H,17,19)/t11-/m1/s1. The van der Waals surface area contributed by atoms with Crippen molar-refractivity contribution in [3.63, 3.8) is 0 Å². The molecule has 1 aromatic heterocycles. The number of nitrogens with one attached hydrogen (secondary N) is 1. The van der Waals surface area contributed by atoms with Gasteiger partial charge in [-0.05, 0) is 18.9 Å². The number of nitrogens with two attached hydrogens (primary N) is 1. The summed E-state index contributed by atoms with van der Waals surface area (Å²) < 4.78 is 5.14. The van der Waals surface area contributed by atoms with E-state index >= 15 is 0 Å². The van der Waals surface area contributed by atoms with Gasteiger partial charge in [0.2, 0.25) is 11.8 Å². The number of rotatable bonds is 4. The van der Waals surface area contributed by atoms with E-state index in [0.717, 1.165) is 18.4 Å². The molecular formula is C14H20N4O3. The van der Waals surface area contributed by atoms with Crippen LogP contribution in [0, 0.1) is 5.92 Å². The van der Waals surface area contributed by atoms with E-state index < -0.39 is 6.03 Å². The summed E-state index contributed by atoms with van der Waals surface area (Å²) in [5.41, 5.74) is 6.08. The normalized spacial score (nSPS) is 18.1. The fourth-order valence-corrected chi connectivity index (χ4v) is 2.46. The molecule has 0 saturated carbocycles. The number of ether oxygens (including phenoxy) is 1. The van der Waals surface area contributed by atoms with E-state index in [1.807, 2.05) is 6.07 Å². The molecule has 114 valence electrons. The molecule has 1 aromatic rings. The Hall–Kier alpha value is -2.31. The van der Waals surface area contributed by atoms with E-state index in [4.69, 9.17) is 10.5 Å². The maximum atomic E-state index is 12.2. The molecule has 1 aliphatic rings. The molecule has 21 heavy (non-hydrogen) atoms. The molecule has 0 unspecified atom stereocenters. The maximum absolute atomic E-state index is 12.2. The summed E-state index contributed by atoms with van der Waals surface area (Å²) in [5, 5.41) is 2.87. The molecule has 0 aromatic carbocycles. The number of piperidine rings is 1. The monoisotopic (exact) mass is 292 g/mol. The summed E-state index contributed by atoms with van der Waals surface area (Å²) in [6.45, 7) is 1.35. The molecule has 3 N–H and O–H groups in total. The highest BCUT2D eigenvalue weighted by atomic mass is 16.5. The van der Waals surface area contributed by atoms with Crippen LogP contribution in [0.2, 0.25) is 0 Å². The number of pyridine rings is 1. The molecule has 1 aliphatic heterocycles. The van der Waals surface area contributed by atoms with Gasteiger partial charge in [0.25, 0.3) is 0 Å². The van der Waals surface area contributed by atoms with Crippen molar-refractivity contribution >= 4 is 11.9 Å². The molecule has 3 amide bonds. The fraction of sp³-hybridized carbons (Fsp3) is 0.500. The molecule has 7 heteroatoms. The number of carbonyl (C=O) groups excluding carboxylic acids is 2. The quantitative estimate of drug-likeness (QED) is 0.844. The van der Waals surface area contributed by atoms with Crippen LogP contribution in [0.5, 0.6) is 5.88 Å². The van der Waals surface area contributed by atoms with E-state index in [0.29, 0.717) is 25.5 Å². The van der Waals surface area contributed by atoms with Gasteiger partial charge in [-0.3, -0.25) is 4.79 Å². The highest BCUT2D eigenvalue weighted by Crippen LogP contribution is 2.17. The SMILES string of the molecule is COc1ncccc1CNC(=O)[C@@H]1CCCN(C(N)=O)C1. The second-order valence-corrected chi connectivity index (χ2v) is 5.01. The fourth-order valence-electron chi connectivity index (χ4n) is 2.46. The Labute approximate surface area is 123 Å². The van der Waals surface area contributed by atoms with Crippen molar-refractivity contribution in [3.05, 3.63) is 23.9 Å². The van der Waals surface area contributed by atoms with E-state index in [1.165, 1.54) is 4.90 Å². The number of hydrogen-bond donors (Lipinski definition) is 2. The van der Waals surface area contributed by atoms with Crippen molar-refractivity contribution in [2.24, 2.45) is 11.7 Å². The van der Waals surface area contributed by atoms with E-state index in [1.54, 1.807) is 19.4 Å². The Morgan fingerprint density at radius 1 is 1.57 bits per heavy atom. The third kappa shape index (κ3) is 3.84. The smallest absolute Gasteiger partial charge is 0.314 e. The van der Waals surface area contributed by atoms with Crippen LogP contribution in [0.25, 0.3) is 0 Å². The third-order valence-electron chi connectivity index (χ3n) is 3.60. The van der Waals surface area contributed by atoms with E-state index in [-0.39, 0.29) is 11.8 Å². The van der Waals surface area contributed by atoms with Crippen LogP contribution in [0.4, 0.5) is 4.79 Å². The van der Waals surface area contributed by atoms with Gasteiger partial charge in [0.1, 0.15) is 0 Å². The van der Waals surface area contributed by atoms with E-state index in [2.05, 4.69) is 10.3 Å². The van der Waals surface area contributed by atoms with Crippen molar-refractivity contribution in [3.8, 4) is 5.88 Å². The molecule has 1 atom stereocenters. The van der Waals surface area contributed by atoms with Gasteiger partial charge in [0.15, 0.2) is 0 Å². The van der Waals surface area contributed by atoms with E-state index in [9.17, 15) is 9.59 Å². The third-order valence-corrected chi connectivity index (χ3v) is 3.60. The van der Waals surface area contributed by atoms with Crippen LogP contribution in [0.3, 0.4) is 0 Å². The first-order chi connectivity index (χ1) is 10.1. The molecule has 1 fully saturated rings. The number of methoxy groups -OCH3 is 1. The van der Waals surface area contributed by atoms with Crippen LogP contribution < -0.4 is 15.8 Å². The Morgan fingerprint density at radius 3 is 3.10 bits per heavy atom. The highest BCUT2D eigenvalue weighted by molar-refractivity contribution is 5.80. The minimum absolute atomic E-state index is 0.0770. The van der Waals surface area contributed by atoms with Gasteiger partial charge in [0.05, 0.1) is 13.0 Å². The molecule has 2 heterocycles. The van der Waals surface area contributed by atoms with Gasteiger partial charge < -0.3 is 20.7 Å². The number of carbonyl (C=O) groups is 2. The van der Waals surface area contributed by atoms with Crippen LogP contribution in [0.15, 0.2) is 18.3 Å². The lowest BCUT2D eigenvalue weighted by Gasteiger charge is -2.30. The Kier molecular flexibility index (Phi) is 4.97. The second-order valence-electron chi connectivity index (χ2n) is 5.01. The molecular weight excluding hydrogens is 272 g/mol. The average molecular weight is 292 g/mol.